The van der Waals surface area contributed by atoms with E-state index in [0.717, 1.165) is 0 Å². The van der Waals surface area contributed by atoms with Crippen molar-refractivity contribution in [1.82, 2.24) is 0 Å². The van der Waals surface area contributed by atoms with Crippen LogP contribution >= 0.6 is 19.0 Å². The standard InChI is InChI=1S/C14H29B2O9PS/c1-18-5-7-10(12(21-4)14(16)23-7)25-26(17,27)22-6-8-9(19-2)11(20-3)13(15)24-8/h7-14H,5-6,15-16H2,1-4H3,(H,17,27)/t7-,8-,9+,10+,11?,12?,13-,14-,26?/m1/s1. The molecular weight excluding hydrogens is 397 g/mol. The van der Waals surface area contributed by atoms with Gasteiger partial charge in [-0.25, -0.2) is 4.57 Å². The van der Waals surface area contributed by atoms with Crippen LogP contribution in [0.1, 0.15) is 0 Å². The molecule has 156 valence electrons. The molecule has 0 aromatic carbocycles. The Labute approximate surface area is 167 Å². The molecule has 0 aromatic rings. The summed E-state index contributed by atoms with van der Waals surface area (Å²) in [6.45, 7) is -3.46. The molecule has 9 atom stereocenters. The predicted molar refractivity (Wildman–Crippen MR) is 106 cm³/mol. The minimum absolute atomic E-state index is 0.0147. The van der Waals surface area contributed by atoms with Gasteiger partial charge in [0.1, 0.15) is 52.3 Å². The van der Waals surface area contributed by atoms with Crippen molar-refractivity contribution in [1.29, 1.82) is 0 Å². The Bertz CT molecular complexity index is 519. The smallest absolute Gasteiger partial charge is 0.382 e. The van der Waals surface area contributed by atoms with E-state index >= 15 is 0 Å². The van der Waals surface area contributed by atoms with Crippen molar-refractivity contribution in [2.45, 2.75) is 48.6 Å². The molecule has 0 saturated carbocycles. The fourth-order valence-corrected chi connectivity index (χ4v) is 5.15. The van der Waals surface area contributed by atoms with Crippen molar-refractivity contribution in [3.63, 3.8) is 0 Å². The maximum absolute atomic E-state index is 12.8. The molecule has 13 heteroatoms. The molecule has 0 radical (unpaired) electrons. The summed E-state index contributed by atoms with van der Waals surface area (Å²) in [6, 6.07) is -0.422. The fourth-order valence-electron chi connectivity index (χ4n) is 3.67. The van der Waals surface area contributed by atoms with Gasteiger partial charge in [-0.05, 0) is 0 Å². The zero-order chi connectivity index (χ0) is 20.2. The van der Waals surface area contributed by atoms with Crippen molar-refractivity contribution in [2.24, 2.45) is 0 Å². The highest BCUT2D eigenvalue weighted by Gasteiger charge is 2.48. The van der Waals surface area contributed by atoms with Crippen molar-refractivity contribution in [3.05, 3.63) is 0 Å². The maximum atomic E-state index is 12.8. The van der Waals surface area contributed by atoms with E-state index in [1.807, 2.05) is 15.7 Å². The Morgan fingerprint density at radius 3 is 1.81 bits per heavy atom. The summed E-state index contributed by atoms with van der Waals surface area (Å²) in [7, 11) is 9.99. The highest BCUT2D eigenvalue weighted by atomic mass is 32.7. The quantitative estimate of drug-likeness (QED) is 0.264. The molecule has 2 aliphatic rings. The molecule has 2 fully saturated rings. The molecule has 2 rings (SSSR count). The van der Waals surface area contributed by atoms with Crippen LogP contribution in [0.5, 0.6) is 0 Å². The minimum Gasteiger partial charge on any atom is -0.382 e. The van der Waals surface area contributed by atoms with Crippen molar-refractivity contribution in [3.8, 4) is 0 Å². The summed E-state index contributed by atoms with van der Waals surface area (Å²) >= 11 is 4.11. The largest absolute Gasteiger partial charge is 0.386 e. The van der Waals surface area contributed by atoms with Crippen LogP contribution in [0.4, 0.5) is 0 Å². The van der Waals surface area contributed by atoms with Gasteiger partial charge in [0, 0.05) is 28.4 Å². The fraction of sp³-hybridized carbons (Fsp3) is 1.00. The molecule has 3 unspecified atom stereocenters. The van der Waals surface area contributed by atoms with Crippen LogP contribution in [-0.4, -0.2) is 106 Å². The average Bonchev–Trinajstić information content (AvgIpc) is 3.08. The third-order valence-electron chi connectivity index (χ3n) is 4.89. The van der Waals surface area contributed by atoms with Crippen LogP contribution in [0.25, 0.3) is 0 Å². The van der Waals surface area contributed by atoms with Crippen LogP contribution in [-0.2, 0) is 42.0 Å². The predicted octanol–water partition coefficient (Wildman–Crippen LogP) is -1.17. The lowest BCUT2D eigenvalue weighted by Crippen LogP contribution is -2.38. The molecule has 0 spiro atoms. The lowest BCUT2D eigenvalue weighted by Gasteiger charge is -2.26. The summed E-state index contributed by atoms with van der Waals surface area (Å²) in [5.41, 5.74) is 0. The summed E-state index contributed by atoms with van der Waals surface area (Å²) in [6.07, 6.45) is -2.53. The summed E-state index contributed by atoms with van der Waals surface area (Å²) in [4.78, 5) is 0. The lowest BCUT2D eigenvalue weighted by atomic mass is 9.93. The molecule has 0 aromatic heterocycles. The Kier molecular flexibility index (Phi) is 9.14. The number of methoxy groups -OCH3 is 4. The number of hydrogen-bond acceptors (Lipinski definition) is 9. The SMILES string of the molecule is B[C@@H]1O[C@H](COP(=O)(S)O[C@@H]2C(OC)[C@H](B)O[C@@H]2COC)[C@H](OC)C1OC. The topological polar surface area (TPSA) is 90.9 Å². The van der Waals surface area contributed by atoms with Crippen molar-refractivity contribution >= 4 is 34.7 Å². The number of rotatable bonds is 10. The van der Waals surface area contributed by atoms with Gasteiger partial charge in [0.05, 0.1) is 25.2 Å². The maximum Gasteiger partial charge on any atom is 0.386 e. The zero-order valence-corrected chi connectivity index (χ0v) is 18.4. The molecule has 0 bridgehead atoms. The van der Waals surface area contributed by atoms with E-state index in [2.05, 4.69) is 12.2 Å². The Hall–Kier alpha value is 0.390. The van der Waals surface area contributed by atoms with Crippen LogP contribution in [0, 0.1) is 0 Å². The third kappa shape index (κ3) is 5.72. The lowest BCUT2D eigenvalue weighted by molar-refractivity contribution is -0.0425. The van der Waals surface area contributed by atoms with Gasteiger partial charge in [-0.2, -0.15) is 0 Å². The molecule has 2 saturated heterocycles. The van der Waals surface area contributed by atoms with E-state index in [4.69, 9.17) is 37.5 Å². The van der Waals surface area contributed by atoms with E-state index in [-0.39, 0.29) is 37.4 Å². The first-order valence-electron chi connectivity index (χ1n) is 8.81. The molecule has 27 heavy (non-hydrogen) atoms. The van der Waals surface area contributed by atoms with E-state index in [9.17, 15) is 4.57 Å². The van der Waals surface area contributed by atoms with Gasteiger partial charge >= 0.3 is 6.80 Å². The van der Waals surface area contributed by atoms with Crippen LogP contribution in [0.15, 0.2) is 0 Å². The summed E-state index contributed by atoms with van der Waals surface area (Å²) in [5, 5.41) is 0. The normalized spacial score (nSPS) is 41.7. The molecule has 2 heterocycles. The summed E-state index contributed by atoms with van der Waals surface area (Å²) < 4.78 is 57.0. The second kappa shape index (κ2) is 10.4. The minimum atomic E-state index is -3.71. The van der Waals surface area contributed by atoms with Gasteiger partial charge in [-0.3, -0.25) is 9.05 Å². The van der Waals surface area contributed by atoms with Crippen LogP contribution < -0.4 is 0 Å². The number of ether oxygens (including phenoxy) is 6. The number of thiol groups is 1. The molecule has 9 nitrogen and oxygen atoms in total. The van der Waals surface area contributed by atoms with Gasteiger partial charge in [0.2, 0.25) is 0 Å². The Morgan fingerprint density at radius 2 is 1.33 bits per heavy atom. The van der Waals surface area contributed by atoms with Gasteiger partial charge in [0.15, 0.2) is 0 Å². The Balaban J connectivity index is 1.98. The zero-order valence-electron chi connectivity index (χ0n) is 16.6. The Morgan fingerprint density at radius 1 is 0.852 bits per heavy atom. The van der Waals surface area contributed by atoms with Gasteiger partial charge in [-0.15, -0.1) is 0 Å². The second-order valence-electron chi connectivity index (χ2n) is 6.65. The first kappa shape index (κ1) is 23.7. The molecule has 0 N–H and O–H groups in total. The van der Waals surface area contributed by atoms with Crippen molar-refractivity contribution < 1.29 is 42.0 Å². The third-order valence-corrected chi connectivity index (χ3v) is 6.50. The highest BCUT2D eigenvalue weighted by molar-refractivity contribution is 8.44. The first-order valence-corrected chi connectivity index (χ1v) is 11.5. The average molecular weight is 426 g/mol. The van der Waals surface area contributed by atoms with Crippen LogP contribution in [0.3, 0.4) is 0 Å². The molecule has 2 aliphatic heterocycles. The van der Waals surface area contributed by atoms with E-state index < -0.39 is 31.2 Å². The number of hydrogen-bond donors (Lipinski definition) is 1. The monoisotopic (exact) mass is 426 g/mol. The van der Waals surface area contributed by atoms with Gasteiger partial charge in [0.25, 0.3) is 0 Å². The van der Waals surface area contributed by atoms with E-state index in [1.54, 1.807) is 28.4 Å². The molecule has 0 amide bonds. The van der Waals surface area contributed by atoms with Gasteiger partial charge in [-0.1, -0.05) is 12.2 Å². The molecular formula is C14H29B2O9PS. The second-order valence-corrected chi connectivity index (χ2v) is 9.53. The van der Waals surface area contributed by atoms with Crippen molar-refractivity contribution in [2.75, 3.05) is 41.7 Å². The highest BCUT2D eigenvalue weighted by Crippen LogP contribution is 2.56. The van der Waals surface area contributed by atoms with Crippen LogP contribution in [0.2, 0.25) is 0 Å². The van der Waals surface area contributed by atoms with E-state index in [0.29, 0.717) is 0 Å². The van der Waals surface area contributed by atoms with Gasteiger partial charge < -0.3 is 28.4 Å². The van der Waals surface area contributed by atoms with E-state index in [1.165, 1.54) is 0 Å². The summed E-state index contributed by atoms with van der Waals surface area (Å²) in [5.74, 6) is 0. The first-order chi connectivity index (χ1) is 12.8. The molecule has 0 aliphatic carbocycles.